The first-order valence-corrected chi connectivity index (χ1v) is 7.75. The van der Waals surface area contributed by atoms with Gasteiger partial charge in [0, 0.05) is 12.1 Å². The molecular formula is C17H28N2. The van der Waals surface area contributed by atoms with Crippen molar-refractivity contribution in [1.29, 1.82) is 0 Å². The highest BCUT2D eigenvalue weighted by atomic mass is 15.2. The minimum absolute atomic E-state index is 0.230. The van der Waals surface area contributed by atoms with Crippen LogP contribution >= 0.6 is 0 Å². The molecule has 1 heterocycles. The van der Waals surface area contributed by atoms with Crippen molar-refractivity contribution in [2.24, 2.45) is 5.73 Å². The zero-order chi connectivity index (χ0) is 13.8. The molecule has 0 radical (unpaired) electrons. The lowest BCUT2D eigenvalue weighted by Gasteiger charge is -2.37. The second kappa shape index (κ2) is 6.53. The van der Waals surface area contributed by atoms with Crippen molar-refractivity contribution in [3.05, 3.63) is 35.4 Å². The monoisotopic (exact) mass is 260 g/mol. The molecule has 0 aromatic heterocycles. The Morgan fingerprint density at radius 2 is 2.05 bits per heavy atom. The number of likely N-dealkylation sites (tertiary alicyclic amines) is 1. The molecule has 106 valence electrons. The quantitative estimate of drug-likeness (QED) is 0.875. The van der Waals surface area contributed by atoms with Crippen molar-refractivity contribution in [1.82, 2.24) is 4.90 Å². The first-order chi connectivity index (χ1) is 9.19. The molecule has 1 saturated heterocycles. The van der Waals surface area contributed by atoms with E-state index in [1.54, 1.807) is 0 Å². The number of rotatable bonds is 5. The van der Waals surface area contributed by atoms with Crippen molar-refractivity contribution >= 4 is 0 Å². The van der Waals surface area contributed by atoms with E-state index >= 15 is 0 Å². The summed E-state index contributed by atoms with van der Waals surface area (Å²) in [7, 11) is 0. The lowest BCUT2D eigenvalue weighted by atomic mass is 9.92. The van der Waals surface area contributed by atoms with Crippen LogP contribution in [0.5, 0.6) is 0 Å². The Labute approximate surface area is 118 Å². The number of nitrogens with two attached hydrogens (primary N) is 1. The van der Waals surface area contributed by atoms with Gasteiger partial charge in [-0.05, 0) is 50.3 Å². The minimum atomic E-state index is 0.230. The van der Waals surface area contributed by atoms with Gasteiger partial charge in [-0.2, -0.15) is 0 Å². The highest BCUT2D eigenvalue weighted by Gasteiger charge is 2.33. The molecule has 19 heavy (non-hydrogen) atoms. The number of benzene rings is 1. The molecule has 1 fully saturated rings. The summed E-state index contributed by atoms with van der Waals surface area (Å²) in [6.45, 7) is 7.91. The van der Waals surface area contributed by atoms with E-state index in [0.717, 1.165) is 6.42 Å². The highest BCUT2D eigenvalue weighted by molar-refractivity contribution is 5.30. The summed E-state index contributed by atoms with van der Waals surface area (Å²) in [5.41, 5.74) is 9.27. The van der Waals surface area contributed by atoms with E-state index in [2.05, 4.69) is 49.9 Å². The number of nitrogens with zero attached hydrogens (tertiary/aromatic N) is 1. The SMILES string of the molecule is CCC(N)C(c1ccccc1C)N1CCCC1CC. The predicted molar refractivity (Wildman–Crippen MR) is 82.2 cm³/mol. The van der Waals surface area contributed by atoms with Crippen LogP contribution in [-0.2, 0) is 0 Å². The molecule has 0 amide bonds. The molecule has 2 N–H and O–H groups in total. The van der Waals surface area contributed by atoms with Gasteiger partial charge in [-0.15, -0.1) is 0 Å². The second-order valence-electron chi connectivity index (χ2n) is 5.82. The summed E-state index contributed by atoms with van der Waals surface area (Å²) in [6.07, 6.45) is 4.91. The molecule has 2 nitrogen and oxygen atoms in total. The van der Waals surface area contributed by atoms with Crippen LogP contribution < -0.4 is 5.73 Å². The third kappa shape index (κ3) is 3.01. The lowest BCUT2D eigenvalue weighted by Crippen LogP contribution is -2.43. The largest absolute Gasteiger partial charge is 0.326 e. The maximum atomic E-state index is 6.47. The van der Waals surface area contributed by atoms with Crippen molar-refractivity contribution in [3.63, 3.8) is 0 Å². The van der Waals surface area contributed by atoms with E-state index in [-0.39, 0.29) is 6.04 Å². The number of hydrogen-bond donors (Lipinski definition) is 1. The highest BCUT2D eigenvalue weighted by Crippen LogP contribution is 2.34. The summed E-state index contributed by atoms with van der Waals surface area (Å²) in [6, 6.07) is 10.1. The van der Waals surface area contributed by atoms with E-state index < -0.39 is 0 Å². The standard InChI is InChI=1S/C17H28N2/c1-4-14-10-8-12-19(14)17(16(18)5-2)15-11-7-6-9-13(15)3/h6-7,9,11,14,16-17H,4-5,8,10,12,18H2,1-3H3. The first-order valence-electron chi connectivity index (χ1n) is 7.75. The van der Waals surface area contributed by atoms with Gasteiger partial charge in [0.25, 0.3) is 0 Å². The van der Waals surface area contributed by atoms with Crippen LogP contribution in [0.25, 0.3) is 0 Å². The summed E-state index contributed by atoms with van der Waals surface area (Å²) in [5.74, 6) is 0. The molecule has 2 rings (SSSR count). The van der Waals surface area contributed by atoms with Crippen LogP contribution in [-0.4, -0.2) is 23.5 Å². The normalized spacial score (nSPS) is 23.5. The summed E-state index contributed by atoms with van der Waals surface area (Å²) in [4.78, 5) is 2.66. The van der Waals surface area contributed by atoms with E-state index in [1.807, 2.05) is 0 Å². The Hall–Kier alpha value is -0.860. The molecule has 0 aliphatic carbocycles. The van der Waals surface area contributed by atoms with Gasteiger partial charge in [-0.3, -0.25) is 4.90 Å². The van der Waals surface area contributed by atoms with Crippen LogP contribution in [0.15, 0.2) is 24.3 Å². The van der Waals surface area contributed by atoms with Gasteiger partial charge in [-0.25, -0.2) is 0 Å². The van der Waals surface area contributed by atoms with Crippen LogP contribution in [0.1, 0.15) is 56.7 Å². The smallest absolute Gasteiger partial charge is 0.0504 e. The lowest BCUT2D eigenvalue weighted by molar-refractivity contribution is 0.150. The van der Waals surface area contributed by atoms with Gasteiger partial charge in [0.2, 0.25) is 0 Å². The number of hydrogen-bond acceptors (Lipinski definition) is 2. The Morgan fingerprint density at radius 3 is 2.68 bits per heavy atom. The minimum Gasteiger partial charge on any atom is -0.326 e. The molecule has 1 aromatic carbocycles. The molecule has 2 heteroatoms. The molecular weight excluding hydrogens is 232 g/mol. The third-order valence-electron chi connectivity index (χ3n) is 4.64. The van der Waals surface area contributed by atoms with E-state index in [1.165, 1.54) is 36.9 Å². The fourth-order valence-corrected chi connectivity index (χ4v) is 3.46. The third-order valence-corrected chi connectivity index (χ3v) is 4.64. The van der Waals surface area contributed by atoms with Crippen molar-refractivity contribution < 1.29 is 0 Å². The van der Waals surface area contributed by atoms with E-state index in [0.29, 0.717) is 12.1 Å². The molecule has 1 aliphatic rings. The topological polar surface area (TPSA) is 29.3 Å². The average Bonchev–Trinajstić information content (AvgIpc) is 2.89. The summed E-state index contributed by atoms with van der Waals surface area (Å²) < 4.78 is 0. The van der Waals surface area contributed by atoms with Crippen molar-refractivity contribution in [2.45, 2.75) is 64.6 Å². The van der Waals surface area contributed by atoms with E-state index in [4.69, 9.17) is 5.73 Å². The Balaban J connectivity index is 2.33. The molecule has 0 saturated carbocycles. The molecule has 3 atom stereocenters. The van der Waals surface area contributed by atoms with Gasteiger partial charge < -0.3 is 5.73 Å². The number of aryl methyl sites for hydroxylation is 1. The van der Waals surface area contributed by atoms with Gasteiger partial charge in [0.15, 0.2) is 0 Å². The second-order valence-corrected chi connectivity index (χ2v) is 5.82. The van der Waals surface area contributed by atoms with Crippen LogP contribution in [0.4, 0.5) is 0 Å². The first kappa shape index (κ1) is 14.5. The van der Waals surface area contributed by atoms with Crippen LogP contribution in [0.3, 0.4) is 0 Å². The van der Waals surface area contributed by atoms with Crippen LogP contribution in [0.2, 0.25) is 0 Å². The Kier molecular flexibility index (Phi) is 5.00. The molecule has 1 aliphatic heterocycles. The summed E-state index contributed by atoms with van der Waals surface area (Å²) >= 11 is 0. The maximum Gasteiger partial charge on any atom is 0.0504 e. The molecule has 1 aromatic rings. The Bertz CT molecular complexity index is 402. The van der Waals surface area contributed by atoms with Crippen LogP contribution in [0, 0.1) is 6.92 Å². The van der Waals surface area contributed by atoms with Gasteiger partial charge in [-0.1, -0.05) is 38.1 Å². The van der Waals surface area contributed by atoms with Gasteiger partial charge >= 0.3 is 0 Å². The van der Waals surface area contributed by atoms with Crippen molar-refractivity contribution in [3.8, 4) is 0 Å². The van der Waals surface area contributed by atoms with Gasteiger partial charge in [0.1, 0.15) is 0 Å². The summed E-state index contributed by atoms with van der Waals surface area (Å²) in [5, 5.41) is 0. The molecule has 0 bridgehead atoms. The van der Waals surface area contributed by atoms with Gasteiger partial charge in [0.05, 0.1) is 6.04 Å². The molecule has 0 spiro atoms. The molecule has 3 unspecified atom stereocenters. The zero-order valence-corrected chi connectivity index (χ0v) is 12.6. The fourth-order valence-electron chi connectivity index (χ4n) is 3.46. The average molecular weight is 260 g/mol. The zero-order valence-electron chi connectivity index (χ0n) is 12.6. The predicted octanol–water partition coefficient (Wildman–Crippen LogP) is 3.65. The maximum absolute atomic E-state index is 6.47. The van der Waals surface area contributed by atoms with Crippen molar-refractivity contribution in [2.75, 3.05) is 6.54 Å². The fraction of sp³-hybridized carbons (Fsp3) is 0.647. The Morgan fingerprint density at radius 1 is 1.32 bits per heavy atom. The van der Waals surface area contributed by atoms with E-state index in [9.17, 15) is 0 Å².